The van der Waals surface area contributed by atoms with Gasteiger partial charge in [0.25, 0.3) is 5.91 Å². The van der Waals surface area contributed by atoms with Crippen molar-refractivity contribution in [3.8, 4) is 0 Å². The number of hydrogen-bond acceptors (Lipinski definition) is 4. The van der Waals surface area contributed by atoms with Gasteiger partial charge in [-0.05, 0) is 30.0 Å². The molecule has 2 aliphatic rings. The molecule has 2 fully saturated rings. The molecule has 0 radical (unpaired) electrons. The van der Waals surface area contributed by atoms with Crippen LogP contribution >= 0.6 is 23.1 Å². The van der Waals surface area contributed by atoms with E-state index in [1.54, 1.807) is 0 Å². The molecule has 1 atom stereocenters. The molecule has 3 amide bonds. The van der Waals surface area contributed by atoms with Crippen LogP contribution in [0.2, 0.25) is 0 Å². The average Bonchev–Trinajstić information content (AvgIpc) is 3.25. The fourth-order valence-corrected chi connectivity index (χ4v) is 4.68. The van der Waals surface area contributed by atoms with Crippen molar-refractivity contribution in [2.24, 2.45) is 0 Å². The van der Waals surface area contributed by atoms with Crippen molar-refractivity contribution in [3.05, 3.63) is 22.4 Å². The normalized spacial score (nSPS) is 21.9. The highest BCUT2D eigenvalue weighted by Crippen LogP contribution is 2.25. The number of nitrogens with one attached hydrogen (secondary N) is 1. The van der Waals surface area contributed by atoms with E-state index in [0.29, 0.717) is 31.4 Å². The predicted molar refractivity (Wildman–Crippen MR) is 90.7 cm³/mol. The molecule has 1 aromatic rings. The van der Waals surface area contributed by atoms with E-state index >= 15 is 0 Å². The number of hydrogen-bond donors (Lipinski definition) is 1. The van der Waals surface area contributed by atoms with Crippen LogP contribution in [-0.4, -0.2) is 65.5 Å². The zero-order valence-corrected chi connectivity index (χ0v) is 14.1. The van der Waals surface area contributed by atoms with Crippen LogP contribution in [0, 0.1) is 0 Å². The minimum Gasteiger partial charge on any atom is -0.337 e. The molecule has 3 heterocycles. The summed E-state index contributed by atoms with van der Waals surface area (Å²) in [6.07, 6.45) is 2.46. The molecular weight excluding hydrogens is 318 g/mol. The second kappa shape index (κ2) is 7.37. The first-order valence-electron chi connectivity index (χ1n) is 7.71. The van der Waals surface area contributed by atoms with Gasteiger partial charge in [0.2, 0.25) is 0 Å². The summed E-state index contributed by atoms with van der Waals surface area (Å²) in [7, 11) is 0. The molecule has 1 N–H and O–H groups in total. The minimum atomic E-state index is 0.00993. The van der Waals surface area contributed by atoms with Crippen molar-refractivity contribution in [1.29, 1.82) is 0 Å². The third-order valence-electron chi connectivity index (χ3n) is 4.09. The van der Waals surface area contributed by atoms with E-state index in [1.165, 1.54) is 29.9 Å². The number of amides is 3. The van der Waals surface area contributed by atoms with Crippen molar-refractivity contribution in [2.45, 2.75) is 18.1 Å². The highest BCUT2D eigenvalue weighted by atomic mass is 32.2. The summed E-state index contributed by atoms with van der Waals surface area (Å²) in [5.41, 5.74) is 0. The maximum atomic E-state index is 12.3. The second-order valence-electron chi connectivity index (χ2n) is 5.58. The summed E-state index contributed by atoms with van der Waals surface area (Å²) in [6, 6.07) is 3.75. The van der Waals surface area contributed by atoms with Gasteiger partial charge in [-0.3, -0.25) is 4.79 Å². The summed E-state index contributed by atoms with van der Waals surface area (Å²) >= 11 is 3.42. The number of piperazine rings is 1. The van der Waals surface area contributed by atoms with Crippen LogP contribution in [-0.2, 0) is 0 Å². The Hall–Kier alpha value is -1.21. The van der Waals surface area contributed by atoms with E-state index in [1.807, 2.05) is 39.1 Å². The molecule has 2 aliphatic heterocycles. The Morgan fingerprint density at radius 2 is 2.00 bits per heavy atom. The smallest absolute Gasteiger partial charge is 0.317 e. The van der Waals surface area contributed by atoms with Gasteiger partial charge in [-0.25, -0.2) is 4.79 Å². The van der Waals surface area contributed by atoms with Crippen LogP contribution in [0.3, 0.4) is 0 Å². The summed E-state index contributed by atoms with van der Waals surface area (Å²) in [4.78, 5) is 28.8. The van der Waals surface area contributed by atoms with Gasteiger partial charge in [-0.2, -0.15) is 11.8 Å². The Balaban J connectivity index is 1.42. The highest BCUT2D eigenvalue weighted by Gasteiger charge is 2.25. The second-order valence-corrected chi connectivity index (χ2v) is 7.93. The molecule has 7 heteroatoms. The zero-order valence-electron chi connectivity index (χ0n) is 12.5. The Kier molecular flexibility index (Phi) is 5.25. The third kappa shape index (κ3) is 3.76. The summed E-state index contributed by atoms with van der Waals surface area (Å²) < 4.78 is 0. The molecule has 0 aliphatic carbocycles. The molecule has 2 saturated heterocycles. The van der Waals surface area contributed by atoms with Crippen LogP contribution < -0.4 is 5.32 Å². The molecule has 0 saturated carbocycles. The van der Waals surface area contributed by atoms with Gasteiger partial charge in [0, 0.05) is 38.0 Å². The number of carbonyl (C=O) groups is 2. The largest absolute Gasteiger partial charge is 0.337 e. The lowest BCUT2D eigenvalue weighted by Gasteiger charge is -2.34. The first-order chi connectivity index (χ1) is 10.7. The number of thioether (sulfide) groups is 1. The summed E-state index contributed by atoms with van der Waals surface area (Å²) in [5, 5.41) is 5.52. The lowest BCUT2D eigenvalue weighted by molar-refractivity contribution is 0.0670. The molecule has 0 bridgehead atoms. The average molecular weight is 339 g/mol. The van der Waals surface area contributed by atoms with E-state index < -0.39 is 0 Å². The van der Waals surface area contributed by atoms with Gasteiger partial charge >= 0.3 is 6.03 Å². The maximum Gasteiger partial charge on any atom is 0.317 e. The van der Waals surface area contributed by atoms with E-state index in [4.69, 9.17) is 0 Å². The van der Waals surface area contributed by atoms with Crippen LogP contribution in [0.5, 0.6) is 0 Å². The van der Waals surface area contributed by atoms with Gasteiger partial charge < -0.3 is 15.1 Å². The summed E-state index contributed by atoms with van der Waals surface area (Å²) in [6.45, 7) is 3.21. The van der Waals surface area contributed by atoms with Crippen molar-refractivity contribution in [3.63, 3.8) is 0 Å². The van der Waals surface area contributed by atoms with Crippen LogP contribution in [0.4, 0.5) is 4.79 Å². The molecule has 1 unspecified atom stereocenters. The van der Waals surface area contributed by atoms with Crippen molar-refractivity contribution >= 4 is 35.0 Å². The van der Waals surface area contributed by atoms with Crippen LogP contribution in [0.25, 0.3) is 0 Å². The van der Waals surface area contributed by atoms with E-state index in [2.05, 4.69) is 5.32 Å². The molecule has 22 heavy (non-hydrogen) atoms. The van der Waals surface area contributed by atoms with Gasteiger partial charge in [-0.1, -0.05) is 6.07 Å². The topological polar surface area (TPSA) is 52.7 Å². The molecule has 3 rings (SSSR count). The SMILES string of the molecule is O=C(NCC1CCCS1)N1CCN(C(=O)c2cccs2)CC1. The maximum absolute atomic E-state index is 12.3. The van der Waals surface area contributed by atoms with E-state index in [0.717, 1.165) is 11.4 Å². The van der Waals surface area contributed by atoms with Gasteiger partial charge in [0.1, 0.15) is 0 Å². The fourth-order valence-electron chi connectivity index (χ4n) is 2.79. The molecule has 1 aromatic heterocycles. The molecule has 5 nitrogen and oxygen atoms in total. The Morgan fingerprint density at radius 1 is 1.23 bits per heavy atom. The van der Waals surface area contributed by atoms with Crippen molar-refractivity contribution < 1.29 is 9.59 Å². The number of nitrogens with zero attached hydrogens (tertiary/aromatic N) is 2. The molecule has 120 valence electrons. The van der Waals surface area contributed by atoms with Crippen molar-refractivity contribution in [1.82, 2.24) is 15.1 Å². The lowest BCUT2D eigenvalue weighted by atomic mass is 10.2. The highest BCUT2D eigenvalue weighted by molar-refractivity contribution is 8.00. The van der Waals surface area contributed by atoms with Crippen LogP contribution in [0.15, 0.2) is 17.5 Å². The predicted octanol–water partition coefficient (Wildman–Crippen LogP) is 2.11. The fraction of sp³-hybridized carbons (Fsp3) is 0.600. The van der Waals surface area contributed by atoms with Gasteiger partial charge in [-0.15, -0.1) is 11.3 Å². The van der Waals surface area contributed by atoms with Crippen molar-refractivity contribution in [2.75, 3.05) is 38.5 Å². The Bertz CT molecular complexity index is 507. The monoisotopic (exact) mass is 339 g/mol. The van der Waals surface area contributed by atoms with Gasteiger partial charge in [0.15, 0.2) is 0 Å². The number of carbonyl (C=O) groups excluding carboxylic acids is 2. The third-order valence-corrected chi connectivity index (χ3v) is 6.35. The zero-order chi connectivity index (χ0) is 15.4. The standard InChI is InChI=1S/C15H21N3O2S2/c19-14(13-4-2-10-22-13)17-5-7-18(8-6-17)15(20)16-11-12-3-1-9-21-12/h2,4,10,12H,1,3,5-9,11H2,(H,16,20). The first-order valence-corrected chi connectivity index (χ1v) is 9.64. The molecular formula is C15H21N3O2S2. The van der Waals surface area contributed by atoms with Crippen LogP contribution in [0.1, 0.15) is 22.5 Å². The van der Waals surface area contributed by atoms with E-state index in [-0.39, 0.29) is 11.9 Å². The minimum absolute atomic E-state index is 0.00993. The van der Waals surface area contributed by atoms with E-state index in [9.17, 15) is 9.59 Å². The Morgan fingerprint density at radius 3 is 2.64 bits per heavy atom. The Labute approximate surface area is 139 Å². The molecule has 0 aromatic carbocycles. The lowest BCUT2D eigenvalue weighted by Crippen LogP contribution is -2.53. The number of thiophene rings is 1. The number of urea groups is 1. The quantitative estimate of drug-likeness (QED) is 0.918. The summed E-state index contributed by atoms with van der Waals surface area (Å²) in [5.74, 6) is 1.29. The first kappa shape index (κ1) is 15.7. The van der Waals surface area contributed by atoms with Gasteiger partial charge in [0.05, 0.1) is 4.88 Å². The number of rotatable bonds is 3. The molecule has 0 spiro atoms.